The van der Waals surface area contributed by atoms with Gasteiger partial charge in [0.15, 0.2) is 23.1 Å². The van der Waals surface area contributed by atoms with Crippen LogP contribution in [0.5, 0.6) is 11.5 Å². The molecular formula is C12H8ClF2O3P. The Morgan fingerprint density at radius 1 is 0.842 bits per heavy atom. The summed E-state index contributed by atoms with van der Waals surface area (Å²) in [5.74, 6) is -2.17. The molecule has 19 heavy (non-hydrogen) atoms. The van der Waals surface area contributed by atoms with Gasteiger partial charge >= 0.3 is 6.95 Å². The highest BCUT2D eigenvalue weighted by Gasteiger charge is 2.27. The predicted molar refractivity (Wildman–Crippen MR) is 67.5 cm³/mol. The first-order chi connectivity index (χ1) is 8.98. The van der Waals surface area contributed by atoms with E-state index in [0.717, 1.165) is 12.1 Å². The van der Waals surface area contributed by atoms with Crippen LogP contribution < -0.4 is 9.05 Å². The summed E-state index contributed by atoms with van der Waals surface area (Å²) in [5, 5.41) is 0. The molecule has 0 aliphatic carbocycles. The standard InChI is InChI=1S/C12H8ClF2O3P/c13-19(16,17-11-7-3-1-5-9(11)14)18-12-8-4-2-6-10(12)15/h1-8H. The Morgan fingerprint density at radius 3 is 1.58 bits per heavy atom. The summed E-state index contributed by atoms with van der Waals surface area (Å²) in [6.07, 6.45) is 0. The van der Waals surface area contributed by atoms with E-state index in [1.165, 1.54) is 36.4 Å². The molecule has 0 radical (unpaired) electrons. The van der Waals surface area contributed by atoms with Gasteiger partial charge in [-0.1, -0.05) is 24.3 Å². The monoisotopic (exact) mass is 304 g/mol. The first-order valence-corrected chi connectivity index (χ1v) is 7.61. The van der Waals surface area contributed by atoms with E-state index in [9.17, 15) is 13.3 Å². The van der Waals surface area contributed by atoms with Crippen LogP contribution in [0.1, 0.15) is 0 Å². The van der Waals surface area contributed by atoms with Crippen molar-refractivity contribution in [3.8, 4) is 11.5 Å². The zero-order valence-corrected chi connectivity index (χ0v) is 11.1. The van der Waals surface area contributed by atoms with Crippen LogP contribution in [0.15, 0.2) is 48.5 Å². The van der Waals surface area contributed by atoms with Crippen LogP contribution >= 0.6 is 18.2 Å². The molecule has 7 heteroatoms. The Morgan fingerprint density at radius 2 is 1.21 bits per heavy atom. The first-order valence-electron chi connectivity index (χ1n) is 5.16. The lowest BCUT2D eigenvalue weighted by Crippen LogP contribution is -1.98. The lowest BCUT2D eigenvalue weighted by Gasteiger charge is -2.14. The highest BCUT2D eigenvalue weighted by Crippen LogP contribution is 2.53. The van der Waals surface area contributed by atoms with Crippen molar-refractivity contribution in [3.05, 3.63) is 60.2 Å². The minimum Gasteiger partial charge on any atom is -0.402 e. The summed E-state index contributed by atoms with van der Waals surface area (Å²) >= 11 is 5.53. The predicted octanol–water partition coefficient (Wildman–Crippen LogP) is 4.77. The van der Waals surface area contributed by atoms with Gasteiger partial charge in [-0.05, 0) is 24.3 Å². The van der Waals surface area contributed by atoms with Gasteiger partial charge in [-0.15, -0.1) is 0 Å². The van der Waals surface area contributed by atoms with Gasteiger partial charge in [-0.3, -0.25) is 0 Å². The maximum Gasteiger partial charge on any atom is 0.530 e. The van der Waals surface area contributed by atoms with E-state index in [4.69, 9.17) is 20.3 Å². The molecule has 2 aromatic carbocycles. The molecule has 0 N–H and O–H groups in total. The molecule has 0 amide bonds. The molecule has 100 valence electrons. The van der Waals surface area contributed by atoms with Crippen molar-refractivity contribution in [1.82, 2.24) is 0 Å². The fourth-order valence-corrected chi connectivity index (χ4v) is 2.54. The third-order valence-electron chi connectivity index (χ3n) is 2.09. The summed E-state index contributed by atoms with van der Waals surface area (Å²) in [6, 6.07) is 10.5. The topological polar surface area (TPSA) is 35.5 Å². The molecule has 0 heterocycles. The summed E-state index contributed by atoms with van der Waals surface area (Å²) in [4.78, 5) is 0. The van der Waals surface area contributed by atoms with E-state index >= 15 is 0 Å². The average molecular weight is 305 g/mol. The van der Waals surface area contributed by atoms with Crippen LogP contribution in [-0.2, 0) is 4.57 Å². The highest BCUT2D eigenvalue weighted by atomic mass is 35.7. The van der Waals surface area contributed by atoms with Gasteiger partial charge in [0.05, 0.1) is 0 Å². The number of para-hydroxylation sites is 2. The maximum absolute atomic E-state index is 13.3. The second-order valence-corrected chi connectivity index (χ2v) is 5.94. The van der Waals surface area contributed by atoms with Gasteiger partial charge in [-0.2, -0.15) is 0 Å². The van der Waals surface area contributed by atoms with Crippen molar-refractivity contribution < 1.29 is 22.4 Å². The molecule has 0 aromatic heterocycles. The van der Waals surface area contributed by atoms with E-state index in [1.807, 2.05) is 0 Å². The summed E-state index contributed by atoms with van der Waals surface area (Å²) in [6.45, 7) is -4.20. The Labute approximate surface area is 113 Å². The molecule has 0 saturated heterocycles. The molecule has 0 aliphatic heterocycles. The van der Waals surface area contributed by atoms with Gasteiger partial charge in [0.1, 0.15) is 0 Å². The maximum atomic E-state index is 13.3. The molecule has 0 fully saturated rings. The van der Waals surface area contributed by atoms with Crippen molar-refractivity contribution in [3.63, 3.8) is 0 Å². The van der Waals surface area contributed by atoms with Crippen LogP contribution in [0.4, 0.5) is 8.78 Å². The number of halogens is 3. The zero-order chi connectivity index (χ0) is 13.9. The quantitative estimate of drug-likeness (QED) is 0.763. The lowest BCUT2D eigenvalue weighted by molar-refractivity contribution is 0.385. The van der Waals surface area contributed by atoms with Gasteiger partial charge in [0.2, 0.25) is 0 Å². The number of benzene rings is 2. The van der Waals surface area contributed by atoms with Crippen molar-refractivity contribution >= 4 is 18.2 Å². The van der Waals surface area contributed by atoms with E-state index in [2.05, 4.69) is 0 Å². The summed E-state index contributed by atoms with van der Waals surface area (Å²) in [7, 11) is 0. The van der Waals surface area contributed by atoms with Gasteiger partial charge in [-0.25, -0.2) is 13.3 Å². The fourth-order valence-electron chi connectivity index (χ4n) is 1.29. The van der Waals surface area contributed by atoms with Gasteiger partial charge in [0, 0.05) is 11.2 Å². The minimum atomic E-state index is -4.20. The molecule has 0 saturated carbocycles. The fraction of sp³-hybridized carbons (Fsp3) is 0. The zero-order valence-electron chi connectivity index (χ0n) is 9.42. The van der Waals surface area contributed by atoms with E-state index in [1.54, 1.807) is 0 Å². The highest BCUT2D eigenvalue weighted by molar-refractivity contribution is 7.82. The molecule has 2 rings (SSSR count). The third kappa shape index (κ3) is 3.69. The molecule has 3 nitrogen and oxygen atoms in total. The molecule has 0 bridgehead atoms. The SMILES string of the molecule is O=P(Cl)(Oc1ccccc1F)Oc1ccccc1F. The Balaban J connectivity index is 2.18. The summed E-state index contributed by atoms with van der Waals surface area (Å²) in [5.41, 5.74) is 0. The first kappa shape index (κ1) is 13.8. The molecular weight excluding hydrogens is 297 g/mol. The minimum absolute atomic E-state index is 0.336. The summed E-state index contributed by atoms with van der Waals surface area (Å²) < 4.78 is 47.9. The smallest absolute Gasteiger partial charge is 0.402 e. The van der Waals surface area contributed by atoms with Crippen molar-refractivity contribution in [2.75, 3.05) is 0 Å². The number of rotatable bonds is 4. The van der Waals surface area contributed by atoms with Gasteiger partial charge < -0.3 is 9.05 Å². The number of hydrogen-bond donors (Lipinski definition) is 0. The average Bonchev–Trinajstić information content (AvgIpc) is 2.35. The number of hydrogen-bond acceptors (Lipinski definition) is 3. The van der Waals surface area contributed by atoms with Crippen LogP contribution in [0.2, 0.25) is 0 Å². The molecule has 2 aromatic rings. The molecule has 0 unspecified atom stereocenters. The van der Waals surface area contributed by atoms with E-state index < -0.39 is 18.6 Å². The van der Waals surface area contributed by atoms with Crippen LogP contribution in [-0.4, -0.2) is 0 Å². The largest absolute Gasteiger partial charge is 0.530 e. The van der Waals surface area contributed by atoms with E-state index in [0.29, 0.717) is 0 Å². The van der Waals surface area contributed by atoms with E-state index in [-0.39, 0.29) is 11.5 Å². The second kappa shape index (κ2) is 5.59. The molecule has 0 atom stereocenters. The molecule has 0 spiro atoms. The Kier molecular flexibility index (Phi) is 4.08. The van der Waals surface area contributed by atoms with Crippen molar-refractivity contribution in [1.29, 1.82) is 0 Å². The van der Waals surface area contributed by atoms with Gasteiger partial charge in [0.25, 0.3) is 0 Å². The normalized spacial score (nSPS) is 11.1. The van der Waals surface area contributed by atoms with Crippen LogP contribution in [0.3, 0.4) is 0 Å². The second-order valence-electron chi connectivity index (χ2n) is 3.47. The van der Waals surface area contributed by atoms with Crippen LogP contribution in [0.25, 0.3) is 0 Å². The van der Waals surface area contributed by atoms with Crippen molar-refractivity contribution in [2.24, 2.45) is 0 Å². The Hall–Kier alpha value is -1.58. The van der Waals surface area contributed by atoms with Crippen LogP contribution in [0, 0.1) is 11.6 Å². The van der Waals surface area contributed by atoms with Crippen molar-refractivity contribution in [2.45, 2.75) is 0 Å². The third-order valence-corrected chi connectivity index (χ3v) is 3.33. The molecule has 0 aliphatic rings. The lowest BCUT2D eigenvalue weighted by atomic mass is 10.3. The Bertz CT molecular complexity index is 584.